The van der Waals surface area contributed by atoms with Crippen molar-refractivity contribution in [3.05, 3.63) is 53.6 Å². The van der Waals surface area contributed by atoms with Crippen LogP contribution in [0.5, 0.6) is 0 Å². The van der Waals surface area contributed by atoms with Gasteiger partial charge in [-0.15, -0.1) is 0 Å². The zero-order valence-electron chi connectivity index (χ0n) is 18.0. The maximum Gasteiger partial charge on any atom is 0.294 e. The van der Waals surface area contributed by atoms with Crippen molar-refractivity contribution in [2.24, 2.45) is 0 Å². The Morgan fingerprint density at radius 2 is 1.31 bits per heavy atom. The minimum atomic E-state index is -4.23. The second kappa shape index (κ2) is 12.1. The summed E-state index contributed by atoms with van der Waals surface area (Å²) in [7, 11) is -4.23. The molecule has 0 aliphatic carbocycles. The van der Waals surface area contributed by atoms with E-state index in [1.807, 2.05) is 37.3 Å². The molecule has 0 aliphatic rings. The van der Waals surface area contributed by atoms with Crippen molar-refractivity contribution >= 4 is 10.1 Å². The molecular formula is C25H36O3S. The predicted molar refractivity (Wildman–Crippen MR) is 122 cm³/mol. The second-order valence-electron chi connectivity index (χ2n) is 8.06. The van der Waals surface area contributed by atoms with Gasteiger partial charge in [0.1, 0.15) is 0 Å². The molecular weight excluding hydrogens is 380 g/mol. The van der Waals surface area contributed by atoms with E-state index in [1.54, 1.807) is 6.07 Å². The van der Waals surface area contributed by atoms with E-state index in [1.165, 1.54) is 57.4 Å². The van der Waals surface area contributed by atoms with Gasteiger partial charge in [-0.2, -0.15) is 8.42 Å². The maximum atomic E-state index is 11.9. The van der Waals surface area contributed by atoms with Gasteiger partial charge in [0.15, 0.2) is 0 Å². The van der Waals surface area contributed by atoms with Crippen LogP contribution in [0.25, 0.3) is 11.1 Å². The number of hydrogen-bond donors (Lipinski definition) is 1. The van der Waals surface area contributed by atoms with Gasteiger partial charge >= 0.3 is 0 Å². The van der Waals surface area contributed by atoms with Crippen LogP contribution in [0.4, 0.5) is 0 Å². The van der Waals surface area contributed by atoms with Crippen molar-refractivity contribution in [2.45, 2.75) is 89.4 Å². The highest BCUT2D eigenvalue weighted by Gasteiger charge is 2.18. The number of rotatable bonds is 13. The van der Waals surface area contributed by atoms with Crippen molar-refractivity contribution in [3.63, 3.8) is 0 Å². The molecule has 0 heterocycles. The summed E-state index contributed by atoms with van der Waals surface area (Å²) >= 11 is 0. The van der Waals surface area contributed by atoms with Crippen molar-refractivity contribution in [2.75, 3.05) is 0 Å². The van der Waals surface area contributed by atoms with E-state index in [2.05, 4.69) is 6.92 Å². The summed E-state index contributed by atoms with van der Waals surface area (Å²) in [5.41, 5.74) is 3.79. The van der Waals surface area contributed by atoms with E-state index in [0.29, 0.717) is 6.42 Å². The summed E-state index contributed by atoms with van der Waals surface area (Å²) in [6, 6.07) is 13.3. The molecule has 0 spiro atoms. The molecule has 1 N–H and O–H groups in total. The third-order valence-electron chi connectivity index (χ3n) is 5.55. The van der Waals surface area contributed by atoms with Crippen LogP contribution in [0.1, 0.15) is 82.3 Å². The molecule has 4 heteroatoms. The van der Waals surface area contributed by atoms with Crippen LogP contribution in [0.3, 0.4) is 0 Å². The van der Waals surface area contributed by atoms with E-state index in [9.17, 15) is 13.0 Å². The molecule has 2 aromatic carbocycles. The van der Waals surface area contributed by atoms with Gasteiger partial charge in [-0.3, -0.25) is 4.55 Å². The Balaban J connectivity index is 1.97. The summed E-state index contributed by atoms with van der Waals surface area (Å²) in [4.78, 5) is 0.0477. The van der Waals surface area contributed by atoms with Gasteiger partial charge < -0.3 is 0 Å². The molecule has 0 aliphatic heterocycles. The fourth-order valence-corrected chi connectivity index (χ4v) is 4.63. The number of benzene rings is 2. The summed E-state index contributed by atoms with van der Waals surface area (Å²) in [5.74, 6) is 0. The summed E-state index contributed by atoms with van der Waals surface area (Å²) < 4.78 is 33.6. The number of hydrogen-bond acceptors (Lipinski definition) is 2. The summed E-state index contributed by atoms with van der Waals surface area (Å²) in [6.45, 7) is 4.27. The Hall–Kier alpha value is -1.65. The molecule has 3 nitrogen and oxygen atoms in total. The molecule has 29 heavy (non-hydrogen) atoms. The Morgan fingerprint density at radius 3 is 1.86 bits per heavy atom. The third kappa shape index (κ3) is 7.94. The van der Waals surface area contributed by atoms with Gasteiger partial charge in [-0.25, -0.2) is 0 Å². The zero-order chi connectivity index (χ0) is 21.1. The fourth-order valence-electron chi connectivity index (χ4n) is 3.86. The highest BCUT2D eigenvalue weighted by molar-refractivity contribution is 7.85. The van der Waals surface area contributed by atoms with E-state index in [4.69, 9.17) is 0 Å². The largest absolute Gasteiger partial charge is 0.294 e. The number of unbranched alkanes of at least 4 members (excludes halogenated alkanes) is 9. The smallest absolute Gasteiger partial charge is 0.282 e. The third-order valence-corrected chi connectivity index (χ3v) is 6.49. The van der Waals surface area contributed by atoms with Gasteiger partial charge in [-0.1, -0.05) is 107 Å². The first-order valence-electron chi connectivity index (χ1n) is 11.1. The standard InChI is InChI=1S/C25H36O3S/c1-3-4-5-6-7-8-9-10-11-12-14-24-23(22-19-17-21(2)18-20-22)15-13-16-25(24)29(26,27)28/h13,15-20H,3-12,14H2,1-2H3,(H,26,27,28). The first-order chi connectivity index (χ1) is 13.9. The SMILES string of the molecule is CCCCCCCCCCCCc1c(-c2ccc(C)cc2)cccc1S(=O)(=O)O. The lowest BCUT2D eigenvalue weighted by molar-refractivity contribution is 0.481. The average Bonchev–Trinajstić information content (AvgIpc) is 2.69. The van der Waals surface area contributed by atoms with E-state index >= 15 is 0 Å². The monoisotopic (exact) mass is 416 g/mol. The van der Waals surface area contributed by atoms with E-state index in [0.717, 1.165) is 35.1 Å². The molecule has 0 fully saturated rings. The molecule has 0 atom stereocenters. The van der Waals surface area contributed by atoms with Gasteiger partial charge in [-0.05, 0) is 42.5 Å². The lowest BCUT2D eigenvalue weighted by Crippen LogP contribution is -2.05. The molecule has 160 valence electrons. The normalized spacial score (nSPS) is 11.7. The van der Waals surface area contributed by atoms with Crippen LogP contribution < -0.4 is 0 Å². The Labute approximate surface area is 177 Å². The van der Waals surface area contributed by atoms with Crippen LogP contribution in [0, 0.1) is 6.92 Å². The molecule has 0 bridgehead atoms. The molecule has 2 rings (SSSR count). The molecule has 2 aromatic rings. The van der Waals surface area contributed by atoms with Gasteiger partial charge in [0.05, 0.1) is 4.90 Å². The Morgan fingerprint density at radius 1 is 0.759 bits per heavy atom. The first-order valence-corrected chi connectivity index (χ1v) is 12.5. The quantitative estimate of drug-likeness (QED) is 0.274. The highest BCUT2D eigenvalue weighted by Crippen LogP contribution is 2.30. The summed E-state index contributed by atoms with van der Waals surface area (Å²) in [5, 5.41) is 0. The van der Waals surface area contributed by atoms with Crippen molar-refractivity contribution in [3.8, 4) is 11.1 Å². The first kappa shape index (κ1) is 23.6. The highest BCUT2D eigenvalue weighted by atomic mass is 32.2. The minimum Gasteiger partial charge on any atom is -0.282 e. The summed E-state index contributed by atoms with van der Waals surface area (Å²) in [6.07, 6.45) is 13.0. The van der Waals surface area contributed by atoms with Gasteiger partial charge in [0, 0.05) is 0 Å². The van der Waals surface area contributed by atoms with Gasteiger partial charge in [0.2, 0.25) is 0 Å². The van der Waals surface area contributed by atoms with Crippen molar-refractivity contribution in [1.82, 2.24) is 0 Å². The zero-order valence-corrected chi connectivity index (χ0v) is 18.8. The molecule has 0 saturated heterocycles. The number of aryl methyl sites for hydroxylation is 1. The molecule has 0 aromatic heterocycles. The van der Waals surface area contributed by atoms with E-state index in [-0.39, 0.29) is 4.90 Å². The van der Waals surface area contributed by atoms with Crippen LogP contribution in [-0.4, -0.2) is 13.0 Å². The lowest BCUT2D eigenvalue weighted by atomic mass is 9.95. The lowest BCUT2D eigenvalue weighted by Gasteiger charge is -2.14. The van der Waals surface area contributed by atoms with Crippen LogP contribution in [0.2, 0.25) is 0 Å². The Kier molecular flexibility index (Phi) is 9.89. The van der Waals surface area contributed by atoms with Gasteiger partial charge in [0.25, 0.3) is 10.1 Å². The molecule has 0 unspecified atom stereocenters. The van der Waals surface area contributed by atoms with Crippen molar-refractivity contribution < 1.29 is 13.0 Å². The molecule has 0 amide bonds. The Bertz CT molecular complexity index is 839. The van der Waals surface area contributed by atoms with Crippen LogP contribution >= 0.6 is 0 Å². The molecule has 0 saturated carbocycles. The molecule has 0 radical (unpaired) electrons. The van der Waals surface area contributed by atoms with Crippen LogP contribution in [0.15, 0.2) is 47.4 Å². The second-order valence-corrected chi connectivity index (χ2v) is 9.45. The maximum absolute atomic E-state index is 11.9. The topological polar surface area (TPSA) is 54.4 Å². The average molecular weight is 417 g/mol. The van der Waals surface area contributed by atoms with Crippen LogP contribution in [-0.2, 0) is 16.5 Å². The van der Waals surface area contributed by atoms with Crippen molar-refractivity contribution in [1.29, 1.82) is 0 Å². The van der Waals surface area contributed by atoms with E-state index < -0.39 is 10.1 Å². The minimum absolute atomic E-state index is 0.0477. The predicted octanol–water partition coefficient (Wildman–Crippen LogP) is 7.37. The fraction of sp³-hybridized carbons (Fsp3) is 0.520.